The highest BCUT2D eigenvalue weighted by Gasteiger charge is 2.16. The third-order valence-corrected chi connectivity index (χ3v) is 2.70. The Morgan fingerprint density at radius 3 is 2.47 bits per heavy atom. The predicted molar refractivity (Wildman–Crippen MR) is 72.9 cm³/mol. The minimum atomic E-state index is -0.266. The molecule has 19 heavy (non-hydrogen) atoms. The maximum absolute atomic E-state index is 11.2. The second-order valence-corrected chi connectivity index (χ2v) is 4.97. The van der Waals surface area contributed by atoms with Crippen LogP contribution in [0.4, 0.5) is 0 Å². The zero-order valence-corrected chi connectivity index (χ0v) is 11.8. The number of likely N-dealkylation sites (N-methyl/N-ethyl adjacent to an activating group) is 1. The van der Waals surface area contributed by atoms with Gasteiger partial charge >= 0.3 is 5.97 Å². The number of rotatable bonds is 6. The Hall–Kier alpha value is -1.68. The number of nitrogens with zero attached hydrogens (tertiary/aromatic N) is 1. The van der Waals surface area contributed by atoms with Gasteiger partial charge in [-0.15, -0.1) is 0 Å². The normalized spacial score (nSPS) is 11.1. The average molecular weight is 267 g/mol. The number of hydrogen-bond acceptors (Lipinski definition) is 2. The first-order valence-corrected chi connectivity index (χ1v) is 6.19. The number of benzene rings is 1. The van der Waals surface area contributed by atoms with E-state index in [0.29, 0.717) is 6.61 Å². The maximum atomic E-state index is 11.2. The summed E-state index contributed by atoms with van der Waals surface area (Å²) in [6.45, 7) is 3.99. The number of carbonyl (C=O) groups is 1. The molecule has 0 aliphatic heterocycles. The van der Waals surface area contributed by atoms with Crippen molar-refractivity contribution >= 4 is 5.97 Å². The highest BCUT2D eigenvalue weighted by atomic mass is 19.0. The third-order valence-electron chi connectivity index (χ3n) is 2.70. The lowest BCUT2D eigenvalue weighted by Gasteiger charge is -2.29. The lowest BCUT2D eigenvalue weighted by Crippen LogP contribution is -3.00. The van der Waals surface area contributed by atoms with E-state index in [1.807, 2.05) is 18.2 Å². The number of esters is 1. The van der Waals surface area contributed by atoms with Crippen molar-refractivity contribution in [3.8, 4) is 0 Å². The summed E-state index contributed by atoms with van der Waals surface area (Å²) in [5.41, 5.74) is 1.29. The standard InChI is InChI=1S/C15H22NO2.FH/c1-4-8-15(17)18-12-11-16(2,3)13-14-9-6-5-7-10-14;/h4-10H,11-13H2,1-3H3;1H/q+1;/p-1. The van der Waals surface area contributed by atoms with Gasteiger partial charge < -0.3 is 13.9 Å². The van der Waals surface area contributed by atoms with E-state index in [2.05, 4.69) is 26.2 Å². The van der Waals surface area contributed by atoms with E-state index >= 15 is 0 Å². The Labute approximate surface area is 114 Å². The monoisotopic (exact) mass is 267 g/mol. The molecule has 0 amide bonds. The summed E-state index contributed by atoms with van der Waals surface area (Å²) in [5, 5.41) is 0. The first-order valence-electron chi connectivity index (χ1n) is 6.19. The lowest BCUT2D eigenvalue weighted by atomic mass is 10.2. The van der Waals surface area contributed by atoms with Crippen LogP contribution in [0.3, 0.4) is 0 Å². The molecule has 3 nitrogen and oxygen atoms in total. The van der Waals surface area contributed by atoms with Crippen LogP contribution in [-0.4, -0.2) is 37.7 Å². The van der Waals surface area contributed by atoms with Gasteiger partial charge in [-0.05, 0) is 6.92 Å². The van der Waals surface area contributed by atoms with Gasteiger partial charge in [0.25, 0.3) is 0 Å². The second kappa shape index (κ2) is 8.43. The van der Waals surface area contributed by atoms with Crippen LogP contribution < -0.4 is 4.70 Å². The summed E-state index contributed by atoms with van der Waals surface area (Å²) in [6, 6.07) is 10.3. The largest absolute Gasteiger partial charge is 1.00 e. The fraction of sp³-hybridized carbons (Fsp3) is 0.400. The van der Waals surface area contributed by atoms with Gasteiger partial charge in [-0.2, -0.15) is 0 Å². The molecule has 0 aliphatic rings. The van der Waals surface area contributed by atoms with Gasteiger partial charge in [-0.3, -0.25) is 0 Å². The van der Waals surface area contributed by atoms with E-state index in [1.54, 1.807) is 13.0 Å². The molecule has 0 spiro atoms. The summed E-state index contributed by atoms with van der Waals surface area (Å²) < 4.78 is 5.91. The van der Waals surface area contributed by atoms with Crippen LogP contribution in [0.2, 0.25) is 0 Å². The summed E-state index contributed by atoms with van der Waals surface area (Å²) >= 11 is 0. The van der Waals surface area contributed by atoms with Gasteiger partial charge in [0, 0.05) is 11.6 Å². The van der Waals surface area contributed by atoms with Crippen molar-refractivity contribution in [2.45, 2.75) is 13.5 Å². The van der Waals surface area contributed by atoms with Gasteiger partial charge in [-0.25, -0.2) is 4.79 Å². The highest BCUT2D eigenvalue weighted by Crippen LogP contribution is 2.08. The number of carbonyl (C=O) groups excluding carboxylic acids is 1. The van der Waals surface area contributed by atoms with Crippen molar-refractivity contribution < 1.29 is 18.7 Å². The lowest BCUT2D eigenvalue weighted by molar-refractivity contribution is -0.903. The van der Waals surface area contributed by atoms with Crippen molar-refractivity contribution in [1.82, 2.24) is 0 Å². The van der Waals surface area contributed by atoms with Gasteiger partial charge in [0.2, 0.25) is 0 Å². The molecule has 0 aromatic heterocycles. The highest BCUT2D eigenvalue weighted by molar-refractivity contribution is 5.81. The molecule has 0 unspecified atom stereocenters. The molecule has 0 saturated heterocycles. The van der Waals surface area contributed by atoms with Gasteiger partial charge in [-0.1, -0.05) is 36.4 Å². The van der Waals surface area contributed by atoms with Crippen molar-refractivity contribution in [1.29, 1.82) is 0 Å². The molecule has 0 atom stereocenters. The Bertz CT molecular complexity index is 402. The van der Waals surface area contributed by atoms with Crippen LogP contribution in [0.15, 0.2) is 42.5 Å². The summed E-state index contributed by atoms with van der Waals surface area (Å²) in [7, 11) is 4.27. The van der Waals surface area contributed by atoms with Gasteiger partial charge in [0.1, 0.15) is 19.7 Å². The Morgan fingerprint density at radius 2 is 1.89 bits per heavy atom. The Morgan fingerprint density at radius 1 is 1.26 bits per heavy atom. The van der Waals surface area contributed by atoms with Crippen molar-refractivity contribution in [2.24, 2.45) is 0 Å². The summed E-state index contributed by atoms with van der Waals surface area (Å²) in [5.74, 6) is -0.266. The first-order chi connectivity index (χ1) is 8.53. The first kappa shape index (κ1) is 17.3. The van der Waals surface area contributed by atoms with Crippen LogP contribution in [0.25, 0.3) is 0 Å². The van der Waals surface area contributed by atoms with E-state index < -0.39 is 0 Å². The number of hydrogen-bond donors (Lipinski definition) is 0. The van der Waals surface area contributed by atoms with E-state index in [9.17, 15) is 4.79 Å². The van der Waals surface area contributed by atoms with E-state index in [1.165, 1.54) is 11.6 Å². The summed E-state index contributed by atoms with van der Waals surface area (Å²) in [6.07, 6.45) is 3.13. The number of allylic oxidation sites excluding steroid dienone is 1. The Kier molecular flexibility index (Phi) is 7.68. The van der Waals surface area contributed by atoms with Crippen molar-refractivity contribution in [3.05, 3.63) is 48.0 Å². The molecule has 4 heteroatoms. The molecule has 0 fully saturated rings. The summed E-state index contributed by atoms with van der Waals surface area (Å²) in [4.78, 5) is 11.2. The third kappa shape index (κ3) is 7.36. The van der Waals surface area contributed by atoms with Crippen LogP contribution in [-0.2, 0) is 16.1 Å². The number of quaternary nitrogens is 1. The molecule has 0 aliphatic carbocycles. The fourth-order valence-corrected chi connectivity index (χ4v) is 1.73. The van der Waals surface area contributed by atoms with Gasteiger partial charge in [0.15, 0.2) is 0 Å². The zero-order valence-electron chi connectivity index (χ0n) is 11.8. The van der Waals surface area contributed by atoms with Crippen molar-refractivity contribution in [2.75, 3.05) is 27.2 Å². The molecule has 1 aromatic carbocycles. The van der Waals surface area contributed by atoms with E-state index in [-0.39, 0.29) is 10.7 Å². The molecular weight excluding hydrogens is 245 g/mol. The molecule has 0 radical (unpaired) electrons. The van der Waals surface area contributed by atoms with E-state index in [4.69, 9.17) is 4.74 Å². The van der Waals surface area contributed by atoms with Crippen LogP contribution in [0.1, 0.15) is 12.5 Å². The molecule has 106 valence electrons. The number of halogens is 1. The predicted octanol–water partition coefficient (Wildman–Crippen LogP) is -0.614. The minimum absolute atomic E-state index is 0. The Balaban J connectivity index is 0.00000324. The second-order valence-electron chi connectivity index (χ2n) is 4.97. The van der Waals surface area contributed by atoms with E-state index in [0.717, 1.165) is 17.6 Å². The zero-order chi connectivity index (χ0) is 13.4. The molecule has 0 N–H and O–H groups in total. The molecule has 0 heterocycles. The SMILES string of the molecule is CC=CC(=O)OCC[N+](C)(C)Cc1ccccc1.[F-]. The van der Waals surface area contributed by atoms with Crippen LogP contribution in [0, 0.1) is 0 Å². The smallest absolute Gasteiger partial charge is 0.330 e. The molecular formula is C15H22FNO2. The fourth-order valence-electron chi connectivity index (χ4n) is 1.73. The van der Waals surface area contributed by atoms with Crippen LogP contribution in [0.5, 0.6) is 0 Å². The topological polar surface area (TPSA) is 26.3 Å². The minimum Gasteiger partial charge on any atom is -1.00 e. The number of ether oxygens (including phenoxy) is 1. The van der Waals surface area contributed by atoms with Crippen molar-refractivity contribution in [3.63, 3.8) is 0 Å². The molecule has 0 saturated carbocycles. The van der Waals surface area contributed by atoms with Crippen LogP contribution >= 0.6 is 0 Å². The quantitative estimate of drug-likeness (QED) is 0.390. The molecule has 1 rings (SSSR count). The average Bonchev–Trinajstić information content (AvgIpc) is 2.29. The molecule has 0 bridgehead atoms. The van der Waals surface area contributed by atoms with Gasteiger partial charge in [0.05, 0.1) is 14.1 Å². The maximum Gasteiger partial charge on any atom is 0.330 e. The molecule has 1 aromatic rings.